The number of morpholine rings is 1. The van der Waals surface area contributed by atoms with Crippen molar-refractivity contribution < 1.29 is 9.15 Å². The van der Waals surface area contributed by atoms with Crippen molar-refractivity contribution in [1.29, 1.82) is 0 Å². The maximum absolute atomic E-state index is 5.56. The van der Waals surface area contributed by atoms with Crippen LogP contribution >= 0.6 is 0 Å². The van der Waals surface area contributed by atoms with Gasteiger partial charge in [0.2, 0.25) is 0 Å². The summed E-state index contributed by atoms with van der Waals surface area (Å²) in [6.45, 7) is 11.9. The zero-order valence-electron chi connectivity index (χ0n) is 11.7. The minimum Gasteiger partial charge on any atom is -0.468 e. The molecule has 2 heterocycles. The second-order valence-electron chi connectivity index (χ2n) is 5.44. The van der Waals surface area contributed by atoms with Crippen molar-refractivity contribution in [3.63, 3.8) is 0 Å². The van der Waals surface area contributed by atoms with Crippen LogP contribution in [-0.2, 0) is 17.8 Å². The minimum atomic E-state index is 0.102. The summed E-state index contributed by atoms with van der Waals surface area (Å²) < 4.78 is 11.1. The molecule has 1 aliphatic heterocycles. The van der Waals surface area contributed by atoms with Gasteiger partial charge in [-0.3, -0.25) is 4.90 Å². The SMILES string of the molecule is CCNCc1occc1CN1CCOCC1(C)C. The number of hydrogen-bond acceptors (Lipinski definition) is 4. The van der Waals surface area contributed by atoms with Crippen LogP contribution in [0.3, 0.4) is 0 Å². The predicted octanol–water partition coefficient (Wildman–Crippen LogP) is 2.00. The molecular weight excluding hydrogens is 228 g/mol. The van der Waals surface area contributed by atoms with Gasteiger partial charge in [-0.05, 0) is 26.5 Å². The molecule has 0 unspecified atom stereocenters. The topological polar surface area (TPSA) is 37.6 Å². The maximum Gasteiger partial charge on any atom is 0.122 e. The summed E-state index contributed by atoms with van der Waals surface area (Å²) in [5.74, 6) is 1.05. The van der Waals surface area contributed by atoms with Gasteiger partial charge in [-0.25, -0.2) is 0 Å². The molecule has 0 radical (unpaired) electrons. The third kappa shape index (κ3) is 3.13. The lowest BCUT2D eigenvalue weighted by molar-refractivity contribution is -0.0554. The van der Waals surface area contributed by atoms with Crippen molar-refractivity contribution in [2.24, 2.45) is 0 Å². The number of ether oxygens (including phenoxy) is 1. The van der Waals surface area contributed by atoms with Crippen molar-refractivity contribution in [3.05, 3.63) is 23.7 Å². The van der Waals surface area contributed by atoms with E-state index in [9.17, 15) is 0 Å². The molecular formula is C14H24N2O2. The molecule has 1 aromatic rings. The molecule has 1 fully saturated rings. The standard InChI is InChI=1S/C14H24N2O2/c1-4-15-9-13-12(5-7-18-13)10-16-6-8-17-11-14(16,2)3/h5,7,15H,4,6,8-11H2,1-3H3. The number of hydrogen-bond donors (Lipinski definition) is 1. The van der Waals surface area contributed by atoms with E-state index in [4.69, 9.17) is 9.15 Å². The number of nitrogens with one attached hydrogen (secondary N) is 1. The third-order valence-electron chi connectivity index (χ3n) is 3.55. The molecule has 102 valence electrons. The lowest BCUT2D eigenvalue weighted by Gasteiger charge is -2.42. The van der Waals surface area contributed by atoms with Crippen LogP contribution in [0, 0.1) is 0 Å². The van der Waals surface area contributed by atoms with Gasteiger partial charge < -0.3 is 14.5 Å². The van der Waals surface area contributed by atoms with Gasteiger partial charge in [0.05, 0.1) is 26.0 Å². The van der Waals surface area contributed by atoms with Gasteiger partial charge in [-0.15, -0.1) is 0 Å². The molecule has 0 amide bonds. The molecule has 4 nitrogen and oxygen atoms in total. The Balaban J connectivity index is 2.01. The summed E-state index contributed by atoms with van der Waals surface area (Å²) in [6, 6.07) is 2.08. The first-order valence-electron chi connectivity index (χ1n) is 6.72. The van der Waals surface area contributed by atoms with Crippen LogP contribution in [-0.4, -0.2) is 36.7 Å². The Morgan fingerprint density at radius 1 is 1.44 bits per heavy atom. The fourth-order valence-electron chi connectivity index (χ4n) is 2.29. The molecule has 4 heteroatoms. The van der Waals surface area contributed by atoms with Gasteiger partial charge in [0.15, 0.2) is 0 Å². The molecule has 1 saturated heterocycles. The lowest BCUT2D eigenvalue weighted by Crippen LogP contribution is -2.52. The molecule has 2 rings (SSSR count). The highest BCUT2D eigenvalue weighted by Gasteiger charge is 2.30. The van der Waals surface area contributed by atoms with E-state index >= 15 is 0 Å². The molecule has 0 spiro atoms. The number of furan rings is 1. The van der Waals surface area contributed by atoms with Crippen LogP contribution in [0.5, 0.6) is 0 Å². The van der Waals surface area contributed by atoms with Crippen LogP contribution < -0.4 is 5.32 Å². The Bertz CT molecular complexity index is 374. The highest BCUT2D eigenvalue weighted by molar-refractivity contribution is 5.17. The molecule has 18 heavy (non-hydrogen) atoms. The molecule has 0 saturated carbocycles. The van der Waals surface area contributed by atoms with E-state index in [0.29, 0.717) is 0 Å². The van der Waals surface area contributed by atoms with Gasteiger partial charge in [0, 0.05) is 24.2 Å². The summed E-state index contributed by atoms with van der Waals surface area (Å²) in [5, 5.41) is 3.31. The van der Waals surface area contributed by atoms with Crippen molar-refractivity contribution in [3.8, 4) is 0 Å². The molecule has 0 bridgehead atoms. The van der Waals surface area contributed by atoms with Crippen molar-refractivity contribution >= 4 is 0 Å². The fraction of sp³-hybridized carbons (Fsp3) is 0.714. The highest BCUT2D eigenvalue weighted by atomic mass is 16.5. The molecule has 0 aromatic carbocycles. The van der Waals surface area contributed by atoms with Crippen LogP contribution in [0.25, 0.3) is 0 Å². The summed E-state index contributed by atoms with van der Waals surface area (Å²) >= 11 is 0. The maximum atomic E-state index is 5.56. The van der Waals surface area contributed by atoms with Gasteiger partial charge in [-0.1, -0.05) is 6.92 Å². The van der Waals surface area contributed by atoms with E-state index < -0.39 is 0 Å². The average molecular weight is 252 g/mol. The summed E-state index contributed by atoms with van der Waals surface area (Å²) in [4.78, 5) is 2.47. The van der Waals surface area contributed by atoms with E-state index in [1.165, 1.54) is 5.56 Å². The van der Waals surface area contributed by atoms with E-state index in [0.717, 1.165) is 45.2 Å². The Labute approximate surface area is 109 Å². The zero-order chi connectivity index (χ0) is 13.0. The third-order valence-corrected chi connectivity index (χ3v) is 3.55. The van der Waals surface area contributed by atoms with Gasteiger partial charge in [-0.2, -0.15) is 0 Å². The Hall–Kier alpha value is -0.840. The van der Waals surface area contributed by atoms with Crippen LogP contribution in [0.1, 0.15) is 32.1 Å². The van der Waals surface area contributed by atoms with Crippen LogP contribution in [0.4, 0.5) is 0 Å². The fourth-order valence-corrected chi connectivity index (χ4v) is 2.29. The first-order chi connectivity index (χ1) is 8.63. The first-order valence-corrected chi connectivity index (χ1v) is 6.72. The van der Waals surface area contributed by atoms with Crippen LogP contribution in [0.2, 0.25) is 0 Å². The second-order valence-corrected chi connectivity index (χ2v) is 5.44. The Kier molecular flexibility index (Phi) is 4.43. The lowest BCUT2D eigenvalue weighted by atomic mass is 10.0. The molecule has 1 aromatic heterocycles. The summed E-state index contributed by atoms with van der Waals surface area (Å²) in [7, 11) is 0. The minimum absolute atomic E-state index is 0.102. The van der Waals surface area contributed by atoms with Crippen molar-refractivity contribution in [1.82, 2.24) is 10.2 Å². The zero-order valence-corrected chi connectivity index (χ0v) is 11.7. The van der Waals surface area contributed by atoms with E-state index in [1.807, 2.05) is 0 Å². The summed E-state index contributed by atoms with van der Waals surface area (Å²) in [5.41, 5.74) is 1.39. The Morgan fingerprint density at radius 2 is 2.28 bits per heavy atom. The second kappa shape index (κ2) is 5.87. The highest BCUT2D eigenvalue weighted by Crippen LogP contribution is 2.23. The molecule has 1 aliphatic rings. The molecule has 0 atom stereocenters. The van der Waals surface area contributed by atoms with Crippen molar-refractivity contribution in [2.45, 2.75) is 39.4 Å². The van der Waals surface area contributed by atoms with Gasteiger partial charge >= 0.3 is 0 Å². The van der Waals surface area contributed by atoms with E-state index in [2.05, 4.69) is 37.1 Å². The molecule has 1 N–H and O–H groups in total. The van der Waals surface area contributed by atoms with Crippen LogP contribution in [0.15, 0.2) is 16.7 Å². The smallest absolute Gasteiger partial charge is 0.122 e. The monoisotopic (exact) mass is 252 g/mol. The normalized spacial score (nSPS) is 20.2. The van der Waals surface area contributed by atoms with Gasteiger partial charge in [0.25, 0.3) is 0 Å². The number of nitrogens with zero attached hydrogens (tertiary/aromatic N) is 1. The van der Waals surface area contributed by atoms with E-state index in [1.54, 1.807) is 6.26 Å². The molecule has 0 aliphatic carbocycles. The number of rotatable bonds is 5. The van der Waals surface area contributed by atoms with Gasteiger partial charge in [0.1, 0.15) is 5.76 Å². The summed E-state index contributed by atoms with van der Waals surface area (Å²) in [6.07, 6.45) is 1.79. The first kappa shape index (κ1) is 13.6. The van der Waals surface area contributed by atoms with E-state index in [-0.39, 0.29) is 5.54 Å². The largest absolute Gasteiger partial charge is 0.468 e. The average Bonchev–Trinajstić information content (AvgIpc) is 2.76. The Morgan fingerprint density at radius 3 is 3.00 bits per heavy atom. The predicted molar refractivity (Wildman–Crippen MR) is 71.4 cm³/mol. The quantitative estimate of drug-likeness (QED) is 0.870. The van der Waals surface area contributed by atoms with Crippen molar-refractivity contribution in [2.75, 3.05) is 26.3 Å².